The van der Waals surface area contributed by atoms with Gasteiger partial charge in [-0.1, -0.05) is 12.1 Å². The lowest BCUT2D eigenvalue weighted by molar-refractivity contribution is -0.267. The number of benzene rings is 1. The quantitative estimate of drug-likeness (QED) is 0.568. The largest absolute Gasteiger partial charge is 0.851 e. The zero-order chi connectivity index (χ0) is 6.97. The van der Waals surface area contributed by atoms with Gasteiger partial charge in [0, 0.05) is 5.19 Å². The van der Waals surface area contributed by atoms with Crippen molar-refractivity contribution in [3.05, 3.63) is 24.3 Å². The van der Waals surface area contributed by atoms with Gasteiger partial charge in [-0.3, -0.25) is 4.98 Å². The Bertz CT molecular complexity index is 322. The van der Waals surface area contributed by atoms with E-state index in [2.05, 4.69) is 4.98 Å². The molecule has 0 fully saturated rings. The Labute approximate surface area is 61.8 Å². The second kappa shape index (κ2) is 1.95. The maximum absolute atomic E-state index is 10.7. The van der Waals surface area contributed by atoms with Crippen LogP contribution in [0.2, 0.25) is 0 Å². The lowest BCUT2D eigenvalue weighted by atomic mass is 10.3. The van der Waals surface area contributed by atoms with Crippen molar-refractivity contribution < 1.29 is 5.11 Å². The van der Waals surface area contributed by atoms with E-state index in [4.69, 9.17) is 0 Å². The Balaban J connectivity index is 2.88. The Hall–Kier alpha value is -1.09. The topological polar surface area (TPSA) is 36.0 Å². The minimum atomic E-state index is -0.110. The van der Waals surface area contributed by atoms with Crippen LogP contribution >= 0.6 is 11.3 Å². The minimum Gasteiger partial charge on any atom is -0.851 e. The van der Waals surface area contributed by atoms with E-state index < -0.39 is 0 Å². The normalized spacial score (nSPS) is 10.4. The molecule has 0 unspecified atom stereocenters. The molecule has 1 aromatic carbocycles. The Morgan fingerprint density at radius 3 is 2.90 bits per heavy atom. The molecule has 0 bridgehead atoms. The Kier molecular flexibility index (Phi) is 1.11. The van der Waals surface area contributed by atoms with Gasteiger partial charge in [0.2, 0.25) is 0 Å². The molecule has 0 aliphatic carbocycles. The Morgan fingerprint density at radius 2 is 2.10 bits per heavy atom. The fraction of sp³-hybridized carbons (Fsp3) is 0. The van der Waals surface area contributed by atoms with Gasteiger partial charge in [0.1, 0.15) is 0 Å². The number of fused-ring (bicyclic) bond motifs is 1. The van der Waals surface area contributed by atoms with Crippen LogP contribution in [-0.2, 0) is 0 Å². The number of rotatable bonds is 0. The third kappa shape index (κ3) is 0.752. The van der Waals surface area contributed by atoms with Gasteiger partial charge in [-0.05, 0) is 12.1 Å². The average Bonchev–Trinajstić information content (AvgIpc) is 2.27. The third-order valence-electron chi connectivity index (χ3n) is 1.27. The van der Waals surface area contributed by atoms with E-state index in [9.17, 15) is 5.11 Å². The lowest BCUT2D eigenvalue weighted by Gasteiger charge is -1.88. The number of para-hydroxylation sites is 1. The third-order valence-corrected chi connectivity index (χ3v) is 2.11. The maximum atomic E-state index is 10.7. The maximum Gasteiger partial charge on any atom is 0.0804 e. The van der Waals surface area contributed by atoms with Crippen molar-refractivity contribution in [2.24, 2.45) is 0 Å². The fourth-order valence-corrected chi connectivity index (χ4v) is 1.55. The molecule has 0 radical (unpaired) electrons. The van der Waals surface area contributed by atoms with Crippen LogP contribution in [0.4, 0.5) is 0 Å². The van der Waals surface area contributed by atoms with Gasteiger partial charge in [-0.25, -0.2) is 0 Å². The summed E-state index contributed by atoms with van der Waals surface area (Å²) in [4.78, 5) is 3.78. The van der Waals surface area contributed by atoms with E-state index in [-0.39, 0.29) is 5.19 Å². The summed E-state index contributed by atoms with van der Waals surface area (Å²) >= 11 is 1.19. The van der Waals surface area contributed by atoms with E-state index in [0.717, 1.165) is 10.2 Å². The van der Waals surface area contributed by atoms with Gasteiger partial charge in [0.25, 0.3) is 0 Å². The van der Waals surface area contributed by atoms with Gasteiger partial charge < -0.3 is 5.11 Å². The van der Waals surface area contributed by atoms with Crippen molar-refractivity contribution in [1.82, 2.24) is 4.98 Å². The summed E-state index contributed by atoms with van der Waals surface area (Å²) in [6.07, 6.45) is 0. The number of thiazole rings is 1. The smallest absolute Gasteiger partial charge is 0.0804 e. The van der Waals surface area contributed by atoms with Crippen LogP contribution in [-0.4, -0.2) is 4.98 Å². The molecule has 1 heterocycles. The van der Waals surface area contributed by atoms with E-state index >= 15 is 0 Å². The van der Waals surface area contributed by atoms with E-state index in [1.807, 2.05) is 24.3 Å². The van der Waals surface area contributed by atoms with E-state index in [0.29, 0.717) is 0 Å². The van der Waals surface area contributed by atoms with Crippen LogP contribution < -0.4 is 5.11 Å². The van der Waals surface area contributed by atoms with Crippen molar-refractivity contribution >= 4 is 21.6 Å². The van der Waals surface area contributed by atoms with Gasteiger partial charge in [0.05, 0.1) is 10.2 Å². The van der Waals surface area contributed by atoms with Crippen molar-refractivity contribution in [1.29, 1.82) is 0 Å². The van der Waals surface area contributed by atoms with Crippen molar-refractivity contribution in [3.8, 4) is 5.19 Å². The van der Waals surface area contributed by atoms with Crippen molar-refractivity contribution in [2.75, 3.05) is 0 Å². The number of nitrogens with zero attached hydrogens (tertiary/aromatic N) is 1. The monoisotopic (exact) mass is 150 g/mol. The standard InChI is InChI=1S/C7H5NOS/c9-7-8-5-3-1-2-4-6(5)10-7/h1-4H,(H,8,9)/p-1. The molecule has 0 atom stereocenters. The summed E-state index contributed by atoms with van der Waals surface area (Å²) in [6, 6.07) is 7.52. The zero-order valence-corrected chi connectivity index (χ0v) is 5.89. The predicted octanol–water partition coefficient (Wildman–Crippen LogP) is 1.37. The molecule has 0 spiro atoms. The van der Waals surface area contributed by atoms with Gasteiger partial charge in [-0.15, -0.1) is 11.3 Å². The van der Waals surface area contributed by atoms with Crippen LogP contribution in [0.1, 0.15) is 0 Å². The molecule has 0 saturated heterocycles. The van der Waals surface area contributed by atoms with Crippen LogP contribution in [0.5, 0.6) is 5.19 Å². The zero-order valence-electron chi connectivity index (χ0n) is 5.07. The molecule has 0 aliphatic heterocycles. The molecule has 2 rings (SSSR count). The molecule has 50 valence electrons. The van der Waals surface area contributed by atoms with E-state index in [1.165, 1.54) is 11.3 Å². The first-order chi connectivity index (χ1) is 4.86. The summed E-state index contributed by atoms with van der Waals surface area (Å²) in [5.41, 5.74) is 0.803. The SMILES string of the molecule is [O-]c1nc2ccccc2s1. The first-order valence-corrected chi connectivity index (χ1v) is 3.70. The summed E-state index contributed by atoms with van der Waals surface area (Å²) in [7, 11) is 0. The molecule has 0 aliphatic rings. The highest BCUT2D eigenvalue weighted by molar-refractivity contribution is 7.20. The first kappa shape index (κ1) is 5.68. The molecule has 0 amide bonds. The molecule has 0 saturated carbocycles. The number of aromatic nitrogens is 1. The predicted molar refractivity (Wildman–Crippen MR) is 39.1 cm³/mol. The van der Waals surface area contributed by atoms with Gasteiger partial charge in [-0.2, -0.15) is 0 Å². The molecule has 2 nitrogen and oxygen atoms in total. The highest BCUT2D eigenvalue weighted by Gasteiger charge is 1.92. The average molecular weight is 150 g/mol. The number of hydrogen-bond donors (Lipinski definition) is 0. The second-order valence-corrected chi connectivity index (χ2v) is 2.94. The number of hydrogen-bond acceptors (Lipinski definition) is 3. The summed E-state index contributed by atoms with van der Waals surface area (Å²) in [5, 5.41) is 10.6. The molecular weight excluding hydrogens is 146 g/mol. The Morgan fingerprint density at radius 1 is 1.30 bits per heavy atom. The summed E-state index contributed by atoms with van der Waals surface area (Å²) < 4.78 is 0.965. The fourth-order valence-electron chi connectivity index (χ4n) is 0.851. The molecule has 10 heavy (non-hydrogen) atoms. The second-order valence-electron chi connectivity index (χ2n) is 1.95. The first-order valence-electron chi connectivity index (χ1n) is 2.89. The van der Waals surface area contributed by atoms with E-state index in [1.54, 1.807) is 0 Å². The van der Waals surface area contributed by atoms with Gasteiger partial charge in [0.15, 0.2) is 0 Å². The van der Waals surface area contributed by atoms with Crippen LogP contribution in [0.3, 0.4) is 0 Å². The van der Waals surface area contributed by atoms with Crippen LogP contribution in [0.25, 0.3) is 10.2 Å². The highest BCUT2D eigenvalue weighted by atomic mass is 32.1. The lowest BCUT2D eigenvalue weighted by Crippen LogP contribution is -1.84. The molecular formula is C7H4NOS-. The van der Waals surface area contributed by atoms with Crippen LogP contribution in [0, 0.1) is 0 Å². The summed E-state index contributed by atoms with van der Waals surface area (Å²) in [6.45, 7) is 0. The minimum absolute atomic E-state index is 0.110. The highest BCUT2D eigenvalue weighted by Crippen LogP contribution is 2.23. The van der Waals surface area contributed by atoms with Crippen molar-refractivity contribution in [3.63, 3.8) is 0 Å². The molecule has 1 aromatic heterocycles. The van der Waals surface area contributed by atoms with Crippen LogP contribution in [0.15, 0.2) is 24.3 Å². The molecule has 2 aromatic rings. The van der Waals surface area contributed by atoms with Gasteiger partial charge >= 0.3 is 0 Å². The molecule has 0 N–H and O–H groups in total. The molecule has 3 heteroatoms. The summed E-state index contributed by atoms with van der Waals surface area (Å²) in [5.74, 6) is 0. The van der Waals surface area contributed by atoms with Crippen molar-refractivity contribution in [2.45, 2.75) is 0 Å².